The van der Waals surface area contributed by atoms with Crippen molar-refractivity contribution in [2.45, 2.75) is 44.6 Å². The Morgan fingerprint density at radius 2 is 1.67 bits per heavy atom. The van der Waals surface area contributed by atoms with E-state index in [-0.39, 0.29) is 29.8 Å². The Labute approximate surface area is 182 Å². The summed E-state index contributed by atoms with van der Waals surface area (Å²) in [6.45, 7) is 3.35. The quantitative estimate of drug-likeness (QED) is 0.797. The van der Waals surface area contributed by atoms with Crippen LogP contribution in [0.25, 0.3) is 0 Å². The number of likely N-dealkylation sites (tertiary alicyclic amines) is 3. The van der Waals surface area contributed by atoms with Crippen molar-refractivity contribution in [2.24, 2.45) is 5.92 Å². The molecule has 0 aliphatic carbocycles. The van der Waals surface area contributed by atoms with Crippen molar-refractivity contribution >= 4 is 35.1 Å². The van der Waals surface area contributed by atoms with E-state index in [1.807, 2.05) is 9.80 Å². The van der Waals surface area contributed by atoms with E-state index in [1.54, 1.807) is 29.2 Å². The van der Waals surface area contributed by atoms with Gasteiger partial charge in [0.15, 0.2) is 0 Å². The van der Waals surface area contributed by atoms with Crippen LogP contribution in [0.5, 0.6) is 0 Å². The van der Waals surface area contributed by atoms with Crippen LogP contribution < -0.4 is 5.32 Å². The van der Waals surface area contributed by atoms with Crippen molar-refractivity contribution in [3.05, 3.63) is 29.3 Å². The number of hydrogen-bond acceptors (Lipinski definition) is 3. The number of urea groups is 1. The van der Waals surface area contributed by atoms with E-state index in [4.69, 9.17) is 11.6 Å². The molecule has 0 spiro atoms. The molecule has 1 unspecified atom stereocenters. The number of nitrogens with zero attached hydrogens (tertiary/aromatic N) is 3. The summed E-state index contributed by atoms with van der Waals surface area (Å²) in [4.78, 5) is 43.4. The third-order valence-electron chi connectivity index (χ3n) is 6.48. The molecule has 3 heterocycles. The molecule has 162 valence electrons. The normalized spacial score (nSPS) is 23.0. The number of piperidine rings is 2. The number of nitrogens with one attached hydrogen (secondary N) is 1. The highest BCUT2D eigenvalue weighted by atomic mass is 35.5. The van der Waals surface area contributed by atoms with Gasteiger partial charge in [0.1, 0.15) is 0 Å². The standard InChI is InChI=1S/C22H29ClN4O3/c23-17-5-7-18(8-6-17)24-22(30)26-11-1-3-16(15-26)21(29)25-13-9-19(10-14-25)27-12-2-4-20(27)28/h5-8,16,19H,1-4,9-15H2,(H,24,30). The summed E-state index contributed by atoms with van der Waals surface area (Å²) in [5, 5.41) is 3.50. The second-order valence-corrected chi connectivity index (χ2v) is 8.91. The zero-order valence-electron chi connectivity index (χ0n) is 17.2. The largest absolute Gasteiger partial charge is 0.342 e. The fraction of sp³-hybridized carbons (Fsp3) is 0.591. The van der Waals surface area contributed by atoms with E-state index in [0.29, 0.717) is 43.3 Å². The van der Waals surface area contributed by atoms with Gasteiger partial charge in [0.05, 0.1) is 5.92 Å². The summed E-state index contributed by atoms with van der Waals surface area (Å²) >= 11 is 5.89. The molecule has 1 aromatic rings. The minimum atomic E-state index is -0.180. The highest BCUT2D eigenvalue weighted by Crippen LogP contribution is 2.25. The molecule has 0 aromatic heterocycles. The van der Waals surface area contributed by atoms with Crippen LogP contribution in [0, 0.1) is 5.92 Å². The van der Waals surface area contributed by atoms with Crippen molar-refractivity contribution in [3.8, 4) is 0 Å². The lowest BCUT2D eigenvalue weighted by Crippen LogP contribution is -2.51. The first-order valence-corrected chi connectivity index (χ1v) is 11.3. The molecule has 30 heavy (non-hydrogen) atoms. The van der Waals surface area contributed by atoms with Crippen LogP contribution in [0.1, 0.15) is 38.5 Å². The summed E-state index contributed by atoms with van der Waals surface area (Å²) in [6.07, 6.45) is 4.95. The van der Waals surface area contributed by atoms with E-state index in [2.05, 4.69) is 5.32 Å². The number of carbonyl (C=O) groups is 3. The third kappa shape index (κ3) is 4.72. The first kappa shape index (κ1) is 21.0. The second-order valence-electron chi connectivity index (χ2n) is 8.47. The Morgan fingerprint density at radius 3 is 2.33 bits per heavy atom. The fourth-order valence-electron chi connectivity index (χ4n) is 4.81. The summed E-state index contributed by atoms with van der Waals surface area (Å²) in [5.41, 5.74) is 0.691. The van der Waals surface area contributed by atoms with Gasteiger partial charge in [-0.05, 0) is 56.4 Å². The minimum Gasteiger partial charge on any atom is -0.342 e. The van der Waals surface area contributed by atoms with E-state index < -0.39 is 0 Å². The lowest BCUT2D eigenvalue weighted by atomic mass is 9.94. The van der Waals surface area contributed by atoms with Crippen LogP contribution >= 0.6 is 11.6 Å². The van der Waals surface area contributed by atoms with Gasteiger partial charge in [-0.2, -0.15) is 0 Å². The zero-order valence-corrected chi connectivity index (χ0v) is 17.9. The van der Waals surface area contributed by atoms with Gasteiger partial charge in [0.25, 0.3) is 0 Å². The van der Waals surface area contributed by atoms with Gasteiger partial charge in [-0.1, -0.05) is 11.6 Å². The Kier molecular flexibility index (Phi) is 6.46. The second kappa shape index (κ2) is 9.25. The smallest absolute Gasteiger partial charge is 0.321 e. The maximum absolute atomic E-state index is 13.1. The van der Waals surface area contributed by atoms with E-state index >= 15 is 0 Å². The van der Waals surface area contributed by atoms with Crippen LogP contribution in [0.15, 0.2) is 24.3 Å². The summed E-state index contributed by atoms with van der Waals surface area (Å²) in [7, 11) is 0. The number of amides is 4. The van der Waals surface area contributed by atoms with Gasteiger partial charge in [-0.15, -0.1) is 0 Å². The molecule has 0 radical (unpaired) electrons. The Morgan fingerprint density at radius 1 is 0.933 bits per heavy atom. The molecule has 3 saturated heterocycles. The maximum Gasteiger partial charge on any atom is 0.321 e. The van der Waals surface area contributed by atoms with Crippen LogP contribution in [0.4, 0.5) is 10.5 Å². The van der Waals surface area contributed by atoms with Gasteiger partial charge in [0.2, 0.25) is 11.8 Å². The van der Waals surface area contributed by atoms with Gasteiger partial charge in [-0.25, -0.2) is 4.79 Å². The van der Waals surface area contributed by atoms with Gasteiger partial charge in [0, 0.05) is 55.9 Å². The van der Waals surface area contributed by atoms with Crippen LogP contribution in [0.3, 0.4) is 0 Å². The molecule has 0 bridgehead atoms. The molecule has 0 saturated carbocycles. The van der Waals surface area contributed by atoms with Gasteiger partial charge in [-0.3, -0.25) is 9.59 Å². The molecule has 7 nitrogen and oxygen atoms in total. The molecule has 1 N–H and O–H groups in total. The van der Waals surface area contributed by atoms with Crippen molar-refractivity contribution in [1.29, 1.82) is 0 Å². The number of rotatable bonds is 3. The molecule has 4 rings (SSSR count). The summed E-state index contributed by atoms with van der Waals surface area (Å²) in [6, 6.07) is 7.10. The number of benzene rings is 1. The summed E-state index contributed by atoms with van der Waals surface area (Å²) in [5.74, 6) is 0.249. The minimum absolute atomic E-state index is 0.144. The Balaban J connectivity index is 1.28. The highest BCUT2D eigenvalue weighted by Gasteiger charge is 2.35. The average molecular weight is 433 g/mol. The molecular formula is C22H29ClN4O3. The van der Waals surface area contributed by atoms with Gasteiger partial charge >= 0.3 is 6.03 Å². The van der Waals surface area contributed by atoms with Crippen molar-refractivity contribution in [1.82, 2.24) is 14.7 Å². The molecule has 8 heteroatoms. The predicted molar refractivity (Wildman–Crippen MR) is 115 cm³/mol. The lowest BCUT2D eigenvalue weighted by molar-refractivity contribution is -0.139. The molecule has 1 atom stereocenters. The molecular weight excluding hydrogens is 404 g/mol. The fourth-order valence-corrected chi connectivity index (χ4v) is 4.94. The molecule has 3 aliphatic rings. The predicted octanol–water partition coefficient (Wildman–Crippen LogP) is 3.20. The molecule has 1 aromatic carbocycles. The van der Waals surface area contributed by atoms with E-state index in [9.17, 15) is 14.4 Å². The van der Waals surface area contributed by atoms with Crippen molar-refractivity contribution in [3.63, 3.8) is 0 Å². The number of anilines is 1. The summed E-state index contributed by atoms with van der Waals surface area (Å²) < 4.78 is 0. The van der Waals surface area contributed by atoms with Gasteiger partial charge < -0.3 is 20.0 Å². The third-order valence-corrected chi connectivity index (χ3v) is 6.73. The van der Waals surface area contributed by atoms with Crippen LogP contribution in [-0.2, 0) is 9.59 Å². The average Bonchev–Trinajstić information content (AvgIpc) is 3.21. The zero-order chi connectivity index (χ0) is 21.1. The number of carbonyl (C=O) groups excluding carboxylic acids is 3. The van der Waals surface area contributed by atoms with Crippen LogP contribution in [-0.4, -0.2) is 71.3 Å². The van der Waals surface area contributed by atoms with Crippen molar-refractivity contribution < 1.29 is 14.4 Å². The first-order chi connectivity index (χ1) is 14.5. The van der Waals surface area contributed by atoms with E-state index in [0.717, 1.165) is 38.6 Å². The Bertz CT molecular complexity index is 792. The topological polar surface area (TPSA) is 73.0 Å². The highest BCUT2D eigenvalue weighted by molar-refractivity contribution is 6.30. The maximum atomic E-state index is 13.1. The number of hydrogen-bond donors (Lipinski definition) is 1. The molecule has 3 fully saturated rings. The SMILES string of the molecule is O=C(Nc1ccc(Cl)cc1)N1CCCC(C(=O)N2CCC(N3CCCC3=O)CC2)C1. The Hall–Kier alpha value is -2.28. The lowest BCUT2D eigenvalue weighted by Gasteiger charge is -2.39. The van der Waals surface area contributed by atoms with E-state index in [1.165, 1.54) is 0 Å². The monoisotopic (exact) mass is 432 g/mol. The van der Waals surface area contributed by atoms with Crippen LogP contribution in [0.2, 0.25) is 5.02 Å². The molecule has 4 amide bonds. The molecule has 3 aliphatic heterocycles. The number of halogens is 1. The van der Waals surface area contributed by atoms with Crippen molar-refractivity contribution in [2.75, 3.05) is 38.0 Å². The first-order valence-electron chi connectivity index (χ1n) is 10.9.